The highest BCUT2D eigenvalue weighted by atomic mass is 19.1. The number of carbonyl (C=O) groups excluding carboxylic acids is 1. The van der Waals surface area contributed by atoms with E-state index in [4.69, 9.17) is 10.4 Å². The fourth-order valence-electron chi connectivity index (χ4n) is 1.90. The van der Waals surface area contributed by atoms with Crippen molar-refractivity contribution in [2.45, 2.75) is 26.3 Å². The minimum Gasteiger partial charge on any atom is -0.481 e. The molecule has 0 aliphatic heterocycles. The average molecular weight is 293 g/mol. The van der Waals surface area contributed by atoms with Gasteiger partial charge in [0.05, 0.1) is 12.0 Å². The minimum atomic E-state index is -0.998. The Morgan fingerprint density at radius 1 is 1.52 bits per heavy atom. The SMILES string of the molecule is CCN(C(=O)Nc1ccc(F)c(C#N)c1)C(C)CC(=O)O. The lowest BCUT2D eigenvalue weighted by molar-refractivity contribution is -0.137. The van der Waals surface area contributed by atoms with Crippen molar-refractivity contribution in [2.75, 3.05) is 11.9 Å². The standard InChI is InChI=1S/C14H16FN3O3/c1-3-18(9(2)6-13(19)20)14(21)17-11-4-5-12(15)10(7-11)8-16/h4-5,7,9H,3,6H2,1-2H3,(H,17,21)(H,19,20). The van der Waals surface area contributed by atoms with E-state index >= 15 is 0 Å². The first kappa shape index (κ1) is 16.4. The van der Waals surface area contributed by atoms with Crippen LogP contribution in [0.15, 0.2) is 18.2 Å². The number of amides is 2. The van der Waals surface area contributed by atoms with Crippen LogP contribution >= 0.6 is 0 Å². The van der Waals surface area contributed by atoms with E-state index in [-0.39, 0.29) is 17.7 Å². The number of benzene rings is 1. The van der Waals surface area contributed by atoms with Gasteiger partial charge in [0.1, 0.15) is 11.9 Å². The molecular formula is C14H16FN3O3. The summed E-state index contributed by atoms with van der Waals surface area (Å²) in [4.78, 5) is 24.1. The molecule has 1 unspecified atom stereocenters. The molecule has 0 bridgehead atoms. The van der Waals surface area contributed by atoms with Crippen molar-refractivity contribution in [1.29, 1.82) is 5.26 Å². The van der Waals surface area contributed by atoms with E-state index in [0.29, 0.717) is 6.54 Å². The molecular weight excluding hydrogens is 277 g/mol. The number of carboxylic acid groups (broad SMARTS) is 1. The Hall–Kier alpha value is -2.62. The minimum absolute atomic E-state index is 0.172. The van der Waals surface area contributed by atoms with Crippen molar-refractivity contribution in [3.63, 3.8) is 0 Å². The second kappa shape index (κ2) is 7.24. The lowest BCUT2D eigenvalue weighted by atomic mass is 10.2. The van der Waals surface area contributed by atoms with Crippen LogP contribution in [0.4, 0.5) is 14.9 Å². The van der Waals surface area contributed by atoms with Crippen LogP contribution < -0.4 is 5.32 Å². The van der Waals surface area contributed by atoms with Crippen LogP contribution in [-0.4, -0.2) is 34.6 Å². The van der Waals surface area contributed by atoms with Gasteiger partial charge in [-0.05, 0) is 32.0 Å². The molecule has 2 N–H and O–H groups in total. The maximum atomic E-state index is 13.2. The zero-order valence-electron chi connectivity index (χ0n) is 11.8. The maximum absolute atomic E-state index is 13.2. The zero-order valence-corrected chi connectivity index (χ0v) is 11.8. The fraction of sp³-hybridized carbons (Fsp3) is 0.357. The topological polar surface area (TPSA) is 93.4 Å². The zero-order chi connectivity index (χ0) is 16.0. The molecule has 1 aromatic carbocycles. The summed E-state index contributed by atoms with van der Waals surface area (Å²) in [5, 5.41) is 20.0. The summed E-state index contributed by atoms with van der Waals surface area (Å²) < 4.78 is 13.2. The summed E-state index contributed by atoms with van der Waals surface area (Å²) in [5.41, 5.74) is 0.105. The second-order valence-electron chi connectivity index (χ2n) is 4.47. The Bertz CT molecular complexity index is 583. The van der Waals surface area contributed by atoms with Gasteiger partial charge in [-0.3, -0.25) is 4.79 Å². The van der Waals surface area contributed by atoms with Crippen LogP contribution in [0.2, 0.25) is 0 Å². The van der Waals surface area contributed by atoms with Gasteiger partial charge in [-0.25, -0.2) is 9.18 Å². The summed E-state index contributed by atoms with van der Waals surface area (Å²) in [6, 6.07) is 4.35. The first-order chi connectivity index (χ1) is 9.88. The smallest absolute Gasteiger partial charge is 0.322 e. The van der Waals surface area contributed by atoms with Gasteiger partial charge in [0.25, 0.3) is 0 Å². The van der Waals surface area contributed by atoms with Gasteiger partial charge >= 0.3 is 12.0 Å². The number of carboxylic acids is 1. The van der Waals surface area contributed by atoms with Gasteiger partial charge in [0, 0.05) is 18.3 Å². The molecule has 0 heterocycles. The highest BCUT2D eigenvalue weighted by Crippen LogP contribution is 2.15. The molecule has 0 aromatic heterocycles. The van der Waals surface area contributed by atoms with Gasteiger partial charge in [-0.2, -0.15) is 5.26 Å². The summed E-state index contributed by atoms with van der Waals surface area (Å²) in [6.45, 7) is 3.68. The van der Waals surface area contributed by atoms with E-state index in [1.54, 1.807) is 19.9 Å². The predicted octanol–water partition coefficient (Wildman–Crippen LogP) is 2.41. The number of anilines is 1. The van der Waals surface area contributed by atoms with Crippen LogP contribution in [-0.2, 0) is 4.79 Å². The maximum Gasteiger partial charge on any atom is 0.322 e. The van der Waals surface area contributed by atoms with E-state index < -0.39 is 23.9 Å². The number of hydrogen-bond donors (Lipinski definition) is 2. The number of nitrogens with one attached hydrogen (secondary N) is 1. The lowest BCUT2D eigenvalue weighted by Crippen LogP contribution is -2.42. The van der Waals surface area contributed by atoms with E-state index in [2.05, 4.69) is 5.32 Å². The number of nitrogens with zero attached hydrogens (tertiary/aromatic N) is 2. The molecule has 1 aromatic rings. The molecule has 0 radical (unpaired) electrons. The quantitative estimate of drug-likeness (QED) is 0.871. The van der Waals surface area contributed by atoms with Crippen LogP contribution in [0.5, 0.6) is 0 Å². The van der Waals surface area contributed by atoms with Crippen LogP contribution in [0, 0.1) is 17.1 Å². The molecule has 0 saturated heterocycles. The number of rotatable bonds is 5. The van der Waals surface area contributed by atoms with E-state index in [1.165, 1.54) is 17.0 Å². The Morgan fingerprint density at radius 3 is 2.71 bits per heavy atom. The first-order valence-electron chi connectivity index (χ1n) is 6.38. The summed E-state index contributed by atoms with van der Waals surface area (Å²) >= 11 is 0. The Labute approximate surface area is 121 Å². The third-order valence-electron chi connectivity index (χ3n) is 2.94. The van der Waals surface area contributed by atoms with Crippen molar-refractivity contribution < 1.29 is 19.1 Å². The third kappa shape index (κ3) is 4.45. The number of aliphatic carboxylic acids is 1. The molecule has 6 nitrogen and oxygen atoms in total. The highest BCUT2D eigenvalue weighted by Gasteiger charge is 2.21. The number of carbonyl (C=O) groups is 2. The van der Waals surface area contributed by atoms with Gasteiger partial charge in [-0.15, -0.1) is 0 Å². The molecule has 7 heteroatoms. The Kier molecular flexibility index (Phi) is 5.67. The number of urea groups is 1. The summed E-state index contributed by atoms with van der Waals surface area (Å²) in [6.07, 6.45) is -0.172. The summed E-state index contributed by atoms with van der Waals surface area (Å²) in [7, 11) is 0. The number of halogens is 1. The van der Waals surface area contributed by atoms with E-state index in [1.807, 2.05) is 0 Å². The largest absolute Gasteiger partial charge is 0.481 e. The third-order valence-corrected chi connectivity index (χ3v) is 2.94. The van der Waals surface area contributed by atoms with Crippen molar-refractivity contribution in [3.8, 4) is 6.07 Å². The lowest BCUT2D eigenvalue weighted by Gasteiger charge is -2.27. The summed E-state index contributed by atoms with van der Waals surface area (Å²) in [5.74, 6) is -1.66. The first-order valence-corrected chi connectivity index (χ1v) is 6.38. The van der Waals surface area contributed by atoms with Crippen molar-refractivity contribution in [2.24, 2.45) is 0 Å². The Balaban J connectivity index is 2.83. The number of nitriles is 1. The monoisotopic (exact) mass is 293 g/mol. The average Bonchev–Trinajstić information content (AvgIpc) is 2.40. The second-order valence-corrected chi connectivity index (χ2v) is 4.47. The van der Waals surface area contributed by atoms with Crippen LogP contribution in [0.1, 0.15) is 25.8 Å². The molecule has 0 spiro atoms. The normalized spacial score (nSPS) is 11.3. The van der Waals surface area contributed by atoms with E-state index in [0.717, 1.165) is 6.07 Å². The van der Waals surface area contributed by atoms with Crippen molar-refractivity contribution >= 4 is 17.7 Å². The Morgan fingerprint density at radius 2 is 2.19 bits per heavy atom. The number of hydrogen-bond acceptors (Lipinski definition) is 3. The van der Waals surface area contributed by atoms with Crippen LogP contribution in [0.3, 0.4) is 0 Å². The molecule has 0 aliphatic carbocycles. The predicted molar refractivity (Wildman–Crippen MR) is 74.2 cm³/mol. The molecule has 0 fully saturated rings. The molecule has 0 saturated carbocycles. The van der Waals surface area contributed by atoms with Gasteiger partial charge in [-0.1, -0.05) is 0 Å². The molecule has 2 amide bonds. The van der Waals surface area contributed by atoms with Gasteiger partial charge in [0.15, 0.2) is 0 Å². The fourth-order valence-corrected chi connectivity index (χ4v) is 1.90. The van der Waals surface area contributed by atoms with Crippen molar-refractivity contribution in [1.82, 2.24) is 4.90 Å². The van der Waals surface area contributed by atoms with Crippen LogP contribution in [0.25, 0.3) is 0 Å². The van der Waals surface area contributed by atoms with Crippen molar-refractivity contribution in [3.05, 3.63) is 29.6 Å². The van der Waals surface area contributed by atoms with Gasteiger partial charge < -0.3 is 15.3 Å². The highest BCUT2D eigenvalue weighted by molar-refractivity contribution is 5.90. The van der Waals surface area contributed by atoms with E-state index in [9.17, 15) is 14.0 Å². The molecule has 0 aliphatic rings. The molecule has 21 heavy (non-hydrogen) atoms. The molecule has 1 rings (SSSR count). The van der Waals surface area contributed by atoms with Gasteiger partial charge in [0.2, 0.25) is 0 Å². The molecule has 1 atom stereocenters. The molecule has 112 valence electrons.